The fourth-order valence-corrected chi connectivity index (χ4v) is 1.89. The highest BCUT2D eigenvalue weighted by atomic mass is 16.4. The molecule has 0 bridgehead atoms. The highest BCUT2D eigenvalue weighted by molar-refractivity contribution is 6.05. The van der Waals surface area contributed by atoms with E-state index in [4.69, 9.17) is 5.11 Å². The molecule has 3 heterocycles. The topological polar surface area (TPSA) is 114 Å². The molecule has 0 fully saturated rings. The molecule has 21 heavy (non-hydrogen) atoms. The molecule has 0 saturated carbocycles. The van der Waals surface area contributed by atoms with Gasteiger partial charge in [0, 0.05) is 25.5 Å². The quantitative estimate of drug-likeness (QED) is 0.720. The standard InChI is InChI=1S/C12H10N6O3/c1-17-9(5-7(16-17)12(20)21)11(19)15-8-6-14-18-4-2-3-13-10(8)18/h2-6H,1H3,(H,15,19)(H,20,21). The van der Waals surface area contributed by atoms with Crippen molar-refractivity contribution >= 4 is 23.2 Å². The molecule has 9 heteroatoms. The molecule has 0 atom stereocenters. The lowest BCUT2D eigenvalue weighted by Gasteiger charge is -2.02. The molecule has 106 valence electrons. The number of carbonyl (C=O) groups excluding carboxylic acids is 1. The molecule has 0 spiro atoms. The van der Waals surface area contributed by atoms with Crippen molar-refractivity contribution in [3.63, 3.8) is 0 Å². The van der Waals surface area contributed by atoms with Gasteiger partial charge in [0.05, 0.1) is 6.20 Å². The van der Waals surface area contributed by atoms with Crippen molar-refractivity contribution in [2.75, 3.05) is 5.32 Å². The first kappa shape index (κ1) is 12.8. The predicted molar refractivity (Wildman–Crippen MR) is 71.1 cm³/mol. The first-order valence-corrected chi connectivity index (χ1v) is 5.93. The van der Waals surface area contributed by atoms with Gasteiger partial charge in [0.2, 0.25) is 0 Å². The molecule has 1 amide bonds. The van der Waals surface area contributed by atoms with Gasteiger partial charge in [-0.05, 0) is 6.07 Å². The zero-order chi connectivity index (χ0) is 15.0. The third-order valence-electron chi connectivity index (χ3n) is 2.86. The summed E-state index contributed by atoms with van der Waals surface area (Å²) in [6.45, 7) is 0. The van der Waals surface area contributed by atoms with Crippen LogP contribution in [0.15, 0.2) is 30.7 Å². The summed E-state index contributed by atoms with van der Waals surface area (Å²) < 4.78 is 2.72. The van der Waals surface area contributed by atoms with Crippen LogP contribution < -0.4 is 5.32 Å². The van der Waals surface area contributed by atoms with Crippen LogP contribution in [0.1, 0.15) is 21.0 Å². The lowest BCUT2D eigenvalue weighted by atomic mass is 10.3. The number of carboxylic acids is 1. The summed E-state index contributed by atoms with van der Waals surface area (Å²) in [5.74, 6) is -1.68. The fraction of sp³-hybridized carbons (Fsp3) is 0.0833. The molecule has 2 N–H and O–H groups in total. The van der Waals surface area contributed by atoms with Crippen LogP contribution in [-0.4, -0.2) is 41.4 Å². The molecule has 0 aromatic carbocycles. The fourth-order valence-electron chi connectivity index (χ4n) is 1.89. The Bertz CT molecular complexity index is 850. The van der Waals surface area contributed by atoms with Gasteiger partial charge >= 0.3 is 5.97 Å². The molecule has 0 radical (unpaired) electrons. The normalized spacial score (nSPS) is 10.7. The molecular formula is C12H10N6O3. The highest BCUT2D eigenvalue weighted by Crippen LogP contribution is 2.15. The van der Waals surface area contributed by atoms with Gasteiger partial charge in [-0.25, -0.2) is 14.3 Å². The molecule has 0 aliphatic heterocycles. The van der Waals surface area contributed by atoms with Crippen LogP contribution in [0.25, 0.3) is 5.65 Å². The number of hydrogen-bond acceptors (Lipinski definition) is 5. The lowest BCUT2D eigenvalue weighted by Crippen LogP contribution is -2.16. The number of amides is 1. The number of rotatable bonds is 3. The second-order valence-corrected chi connectivity index (χ2v) is 4.24. The minimum absolute atomic E-state index is 0.127. The van der Waals surface area contributed by atoms with E-state index in [1.165, 1.54) is 28.5 Å². The van der Waals surface area contributed by atoms with Gasteiger partial charge in [-0.15, -0.1) is 0 Å². The van der Waals surface area contributed by atoms with E-state index in [0.29, 0.717) is 11.3 Å². The van der Waals surface area contributed by atoms with Gasteiger partial charge in [-0.2, -0.15) is 10.2 Å². The molecule has 9 nitrogen and oxygen atoms in total. The van der Waals surface area contributed by atoms with Gasteiger partial charge in [-0.3, -0.25) is 9.48 Å². The number of aromatic nitrogens is 5. The molecule has 3 rings (SSSR count). The summed E-state index contributed by atoms with van der Waals surface area (Å²) in [5.41, 5.74) is 0.855. The summed E-state index contributed by atoms with van der Waals surface area (Å²) >= 11 is 0. The Balaban J connectivity index is 1.91. The first-order chi connectivity index (χ1) is 10.1. The molecule has 0 aliphatic carbocycles. The molecular weight excluding hydrogens is 276 g/mol. The summed E-state index contributed by atoms with van der Waals surface area (Å²) in [6, 6.07) is 2.92. The molecule has 0 unspecified atom stereocenters. The van der Waals surface area contributed by atoms with E-state index in [1.807, 2.05) is 0 Å². The molecule has 3 aromatic rings. The van der Waals surface area contributed by atoms with Crippen molar-refractivity contribution in [1.82, 2.24) is 24.4 Å². The number of aryl methyl sites for hydroxylation is 1. The van der Waals surface area contributed by atoms with E-state index < -0.39 is 11.9 Å². The lowest BCUT2D eigenvalue weighted by molar-refractivity contribution is 0.0689. The smallest absolute Gasteiger partial charge is 0.356 e. The number of carboxylic acid groups (broad SMARTS) is 1. The van der Waals surface area contributed by atoms with E-state index in [9.17, 15) is 9.59 Å². The Morgan fingerprint density at radius 1 is 1.38 bits per heavy atom. The van der Waals surface area contributed by atoms with Crippen LogP contribution in [0, 0.1) is 0 Å². The molecule has 0 saturated heterocycles. The number of fused-ring (bicyclic) bond motifs is 1. The van der Waals surface area contributed by atoms with Crippen molar-refractivity contribution in [2.45, 2.75) is 0 Å². The van der Waals surface area contributed by atoms with Crippen LogP contribution in [-0.2, 0) is 7.05 Å². The zero-order valence-corrected chi connectivity index (χ0v) is 10.9. The average Bonchev–Trinajstić information content (AvgIpc) is 3.03. The average molecular weight is 286 g/mol. The minimum atomic E-state index is -1.19. The van der Waals surface area contributed by atoms with E-state index in [0.717, 1.165) is 0 Å². The molecule has 3 aromatic heterocycles. The van der Waals surface area contributed by atoms with Crippen LogP contribution in [0.4, 0.5) is 5.69 Å². The van der Waals surface area contributed by atoms with Crippen LogP contribution in [0.5, 0.6) is 0 Å². The largest absolute Gasteiger partial charge is 0.476 e. The third-order valence-corrected chi connectivity index (χ3v) is 2.86. The van der Waals surface area contributed by atoms with Gasteiger partial charge < -0.3 is 10.4 Å². The highest BCUT2D eigenvalue weighted by Gasteiger charge is 2.18. The zero-order valence-electron chi connectivity index (χ0n) is 10.9. The third kappa shape index (κ3) is 2.20. The summed E-state index contributed by atoms with van der Waals surface area (Å²) in [5, 5.41) is 19.3. The first-order valence-electron chi connectivity index (χ1n) is 5.93. The van der Waals surface area contributed by atoms with Crippen LogP contribution >= 0.6 is 0 Å². The van der Waals surface area contributed by atoms with Crippen LogP contribution in [0.2, 0.25) is 0 Å². The van der Waals surface area contributed by atoms with Gasteiger partial charge in [0.15, 0.2) is 11.3 Å². The summed E-state index contributed by atoms with van der Waals surface area (Å²) in [4.78, 5) is 27.1. The Morgan fingerprint density at radius 3 is 2.90 bits per heavy atom. The number of aromatic carboxylic acids is 1. The Kier molecular flexibility index (Phi) is 2.87. The van der Waals surface area contributed by atoms with Crippen molar-refractivity contribution in [2.24, 2.45) is 7.05 Å². The summed E-state index contributed by atoms with van der Waals surface area (Å²) in [6.07, 6.45) is 4.75. The van der Waals surface area contributed by atoms with E-state index in [2.05, 4.69) is 20.5 Å². The Hall–Kier alpha value is -3.23. The van der Waals surface area contributed by atoms with E-state index in [-0.39, 0.29) is 11.4 Å². The van der Waals surface area contributed by atoms with E-state index >= 15 is 0 Å². The number of anilines is 1. The van der Waals surface area contributed by atoms with Crippen molar-refractivity contribution in [1.29, 1.82) is 0 Å². The maximum absolute atomic E-state index is 12.2. The van der Waals surface area contributed by atoms with Gasteiger partial charge in [-0.1, -0.05) is 0 Å². The second-order valence-electron chi connectivity index (χ2n) is 4.24. The number of nitrogens with zero attached hydrogens (tertiary/aromatic N) is 5. The van der Waals surface area contributed by atoms with Crippen molar-refractivity contribution in [3.05, 3.63) is 42.1 Å². The Labute approximate surface area is 117 Å². The minimum Gasteiger partial charge on any atom is -0.476 e. The number of carbonyl (C=O) groups is 2. The van der Waals surface area contributed by atoms with Gasteiger partial charge in [0.1, 0.15) is 11.4 Å². The monoisotopic (exact) mass is 286 g/mol. The van der Waals surface area contributed by atoms with E-state index in [1.54, 1.807) is 18.5 Å². The number of hydrogen-bond donors (Lipinski definition) is 2. The van der Waals surface area contributed by atoms with Crippen molar-refractivity contribution < 1.29 is 14.7 Å². The predicted octanol–water partition coefficient (Wildman–Crippen LogP) is 0.413. The number of nitrogens with one attached hydrogen (secondary N) is 1. The Morgan fingerprint density at radius 2 is 2.19 bits per heavy atom. The second kappa shape index (κ2) is 4.71. The SMILES string of the molecule is Cn1nc(C(=O)O)cc1C(=O)Nc1cnn2cccnc12. The van der Waals surface area contributed by atoms with Gasteiger partial charge in [0.25, 0.3) is 5.91 Å². The van der Waals surface area contributed by atoms with Crippen LogP contribution in [0.3, 0.4) is 0 Å². The summed E-state index contributed by atoms with van der Waals surface area (Å²) in [7, 11) is 1.50. The van der Waals surface area contributed by atoms with Crippen molar-refractivity contribution in [3.8, 4) is 0 Å². The maximum atomic E-state index is 12.2. The molecule has 0 aliphatic rings. The maximum Gasteiger partial charge on any atom is 0.356 e.